The highest BCUT2D eigenvalue weighted by Gasteiger charge is 2.24. The van der Waals surface area contributed by atoms with Gasteiger partial charge in [-0.25, -0.2) is 0 Å². The minimum Gasteiger partial charge on any atom is -0.306 e. The van der Waals surface area contributed by atoms with Crippen molar-refractivity contribution in [2.24, 2.45) is 5.92 Å². The summed E-state index contributed by atoms with van der Waals surface area (Å²) < 4.78 is 0. The molecule has 1 atom stereocenters. The molecule has 0 aromatic heterocycles. The lowest BCUT2D eigenvalue weighted by molar-refractivity contribution is -0.119. The Bertz CT molecular complexity index is 138. The normalized spacial score (nSPS) is 27.2. The first-order chi connectivity index (χ1) is 4.74. The minimum atomic E-state index is 0.266. The van der Waals surface area contributed by atoms with Crippen LogP contribution in [0.25, 0.3) is 0 Å². The van der Waals surface area contributed by atoms with E-state index in [0.717, 1.165) is 19.5 Å². The van der Waals surface area contributed by atoms with Crippen molar-refractivity contribution in [1.82, 2.24) is 4.90 Å². The molecule has 10 heavy (non-hydrogen) atoms. The highest BCUT2D eigenvalue weighted by molar-refractivity contribution is 7.81. The van der Waals surface area contributed by atoms with Crippen LogP contribution in [0.4, 0.5) is 0 Å². The highest BCUT2D eigenvalue weighted by Crippen LogP contribution is 2.15. The predicted octanol–water partition coefficient (Wildman–Crippen LogP) is 0.437. The molecule has 1 aliphatic rings. The predicted molar refractivity (Wildman–Crippen MR) is 44.5 cm³/mol. The first-order valence-electron chi connectivity index (χ1n) is 3.56. The zero-order valence-corrected chi connectivity index (χ0v) is 7.10. The molecule has 1 rings (SSSR count). The molecule has 1 fully saturated rings. The van der Waals surface area contributed by atoms with Crippen LogP contribution in [0.15, 0.2) is 0 Å². The molecule has 3 heteroatoms. The number of rotatable bonds is 2. The van der Waals surface area contributed by atoms with E-state index in [0.29, 0.717) is 11.5 Å². The van der Waals surface area contributed by atoms with Gasteiger partial charge in [-0.05, 0) is 20.0 Å². The summed E-state index contributed by atoms with van der Waals surface area (Å²) in [6.45, 7) is 1.99. The van der Waals surface area contributed by atoms with Crippen LogP contribution in [0.5, 0.6) is 0 Å². The average Bonchev–Trinajstić information content (AvgIpc) is 2.34. The van der Waals surface area contributed by atoms with Gasteiger partial charge in [-0.15, -0.1) is 0 Å². The summed E-state index contributed by atoms with van der Waals surface area (Å²) >= 11 is 3.95. The minimum absolute atomic E-state index is 0.266. The topological polar surface area (TPSA) is 20.3 Å². The Balaban J connectivity index is 2.37. The van der Waals surface area contributed by atoms with Crippen molar-refractivity contribution in [1.29, 1.82) is 0 Å². The van der Waals surface area contributed by atoms with Gasteiger partial charge in [0.1, 0.15) is 5.78 Å². The first kappa shape index (κ1) is 8.08. The van der Waals surface area contributed by atoms with Gasteiger partial charge in [0.2, 0.25) is 0 Å². The summed E-state index contributed by atoms with van der Waals surface area (Å²) in [5.74, 6) is 0.966. The maximum atomic E-state index is 11.1. The molecule has 0 saturated carbocycles. The smallest absolute Gasteiger partial charge is 0.146 e. The molecule has 0 radical (unpaired) electrons. The van der Waals surface area contributed by atoms with Gasteiger partial charge >= 0.3 is 0 Å². The Morgan fingerprint density at radius 3 is 2.90 bits per heavy atom. The Hall–Kier alpha value is -0.0200. The second-order valence-electron chi connectivity index (χ2n) is 2.87. The molecule has 0 amide bonds. The summed E-state index contributed by atoms with van der Waals surface area (Å²) in [6.07, 6.45) is 1.02. The van der Waals surface area contributed by atoms with E-state index >= 15 is 0 Å². The van der Waals surface area contributed by atoms with Gasteiger partial charge in [0.05, 0.1) is 0 Å². The summed E-state index contributed by atoms with van der Waals surface area (Å²) in [7, 11) is 2.05. The molecule has 0 aromatic rings. The highest BCUT2D eigenvalue weighted by atomic mass is 32.1. The molecule has 58 valence electrons. The van der Waals surface area contributed by atoms with E-state index in [1.54, 1.807) is 0 Å². The van der Waals surface area contributed by atoms with Gasteiger partial charge in [0.15, 0.2) is 0 Å². The summed E-state index contributed by atoms with van der Waals surface area (Å²) in [6, 6.07) is 0. The van der Waals surface area contributed by atoms with Crippen molar-refractivity contribution in [2.45, 2.75) is 6.42 Å². The lowest BCUT2D eigenvalue weighted by Gasteiger charge is -2.06. The van der Waals surface area contributed by atoms with Crippen LogP contribution in [0.2, 0.25) is 0 Å². The van der Waals surface area contributed by atoms with E-state index in [9.17, 15) is 4.79 Å². The SMILES string of the molecule is CN1CCC(C(=O)CS)C1. The standard InChI is InChI=1S/C7H13NOS/c1-8-3-2-6(4-8)7(9)5-10/h6,10H,2-5H2,1H3. The summed E-state index contributed by atoms with van der Waals surface area (Å²) in [4.78, 5) is 13.2. The van der Waals surface area contributed by atoms with Crippen molar-refractivity contribution in [3.63, 3.8) is 0 Å². The van der Waals surface area contributed by atoms with Crippen molar-refractivity contribution in [2.75, 3.05) is 25.9 Å². The molecule has 2 nitrogen and oxygen atoms in total. The van der Waals surface area contributed by atoms with E-state index in [4.69, 9.17) is 0 Å². The van der Waals surface area contributed by atoms with E-state index < -0.39 is 0 Å². The molecular formula is C7H13NOS. The first-order valence-corrected chi connectivity index (χ1v) is 4.19. The molecule has 1 saturated heterocycles. The maximum absolute atomic E-state index is 11.1. The van der Waals surface area contributed by atoms with Gasteiger partial charge in [0.25, 0.3) is 0 Å². The molecule has 0 aromatic carbocycles. The van der Waals surface area contributed by atoms with Crippen molar-refractivity contribution < 1.29 is 4.79 Å². The number of Topliss-reactive ketones (excluding diaryl/α,β-unsaturated/α-hetero) is 1. The van der Waals surface area contributed by atoms with Crippen LogP contribution >= 0.6 is 12.6 Å². The van der Waals surface area contributed by atoms with E-state index in [-0.39, 0.29) is 5.92 Å². The average molecular weight is 159 g/mol. The number of nitrogens with zero attached hydrogens (tertiary/aromatic N) is 1. The van der Waals surface area contributed by atoms with Crippen LogP contribution in [0.3, 0.4) is 0 Å². The number of hydrogen-bond donors (Lipinski definition) is 1. The molecule has 1 heterocycles. The monoisotopic (exact) mass is 159 g/mol. The van der Waals surface area contributed by atoms with E-state index in [1.807, 2.05) is 7.05 Å². The number of thiol groups is 1. The summed E-state index contributed by atoms with van der Waals surface area (Å²) in [5, 5.41) is 0. The Morgan fingerprint density at radius 2 is 2.50 bits per heavy atom. The molecular weight excluding hydrogens is 146 g/mol. The van der Waals surface area contributed by atoms with Crippen molar-refractivity contribution in [3.05, 3.63) is 0 Å². The molecule has 0 bridgehead atoms. The van der Waals surface area contributed by atoms with Gasteiger partial charge in [-0.1, -0.05) is 0 Å². The third kappa shape index (κ3) is 1.73. The molecule has 1 aliphatic heterocycles. The van der Waals surface area contributed by atoms with Crippen LogP contribution in [0.1, 0.15) is 6.42 Å². The Morgan fingerprint density at radius 1 is 1.80 bits per heavy atom. The van der Waals surface area contributed by atoms with E-state index in [2.05, 4.69) is 17.5 Å². The number of hydrogen-bond acceptors (Lipinski definition) is 3. The van der Waals surface area contributed by atoms with Crippen molar-refractivity contribution in [3.8, 4) is 0 Å². The molecule has 1 unspecified atom stereocenters. The molecule has 0 aliphatic carbocycles. The van der Waals surface area contributed by atoms with Crippen LogP contribution < -0.4 is 0 Å². The number of ketones is 1. The maximum Gasteiger partial charge on any atom is 0.146 e. The fraction of sp³-hybridized carbons (Fsp3) is 0.857. The fourth-order valence-electron chi connectivity index (χ4n) is 1.33. The van der Waals surface area contributed by atoms with Gasteiger partial charge in [-0.3, -0.25) is 4.79 Å². The second-order valence-corrected chi connectivity index (χ2v) is 3.19. The van der Waals surface area contributed by atoms with Crippen LogP contribution in [-0.2, 0) is 4.79 Å². The number of carbonyl (C=O) groups is 1. The van der Waals surface area contributed by atoms with Gasteiger partial charge < -0.3 is 4.90 Å². The second kappa shape index (κ2) is 3.39. The molecule has 0 spiro atoms. The summed E-state index contributed by atoms with van der Waals surface area (Å²) in [5.41, 5.74) is 0. The molecule has 0 N–H and O–H groups in total. The van der Waals surface area contributed by atoms with Crippen LogP contribution in [-0.4, -0.2) is 36.6 Å². The third-order valence-electron chi connectivity index (χ3n) is 2.00. The zero-order chi connectivity index (χ0) is 7.56. The van der Waals surface area contributed by atoms with Gasteiger partial charge in [-0.2, -0.15) is 12.6 Å². The largest absolute Gasteiger partial charge is 0.306 e. The fourth-order valence-corrected chi connectivity index (χ4v) is 1.59. The Kier molecular flexibility index (Phi) is 2.74. The number of carbonyl (C=O) groups excluding carboxylic acids is 1. The van der Waals surface area contributed by atoms with Crippen molar-refractivity contribution >= 4 is 18.4 Å². The lowest BCUT2D eigenvalue weighted by Crippen LogP contribution is -2.20. The quantitative estimate of drug-likeness (QED) is 0.590. The lowest BCUT2D eigenvalue weighted by atomic mass is 10.1. The van der Waals surface area contributed by atoms with E-state index in [1.165, 1.54) is 0 Å². The van der Waals surface area contributed by atoms with Crippen LogP contribution in [0, 0.1) is 5.92 Å². The third-order valence-corrected chi connectivity index (χ3v) is 2.31. The number of likely N-dealkylation sites (tertiary alicyclic amines) is 1. The zero-order valence-electron chi connectivity index (χ0n) is 6.21. The Labute approximate surface area is 67.0 Å². The van der Waals surface area contributed by atoms with Gasteiger partial charge in [0, 0.05) is 18.2 Å².